The second-order valence-electron chi connectivity index (χ2n) is 6.15. The summed E-state index contributed by atoms with van der Waals surface area (Å²) in [5.74, 6) is 1.59. The summed E-state index contributed by atoms with van der Waals surface area (Å²) in [7, 11) is 0. The first-order valence-corrected chi connectivity index (χ1v) is 8.02. The molecule has 0 spiro atoms. The summed E-state index contributed by atoms with van der Waals surface area (Å²) < 4.78 is 11.1. The van der Waals surface area contributed by atoms with Crippen molar-refractivity contribution in [1.82, 2.24) is 14.9 Å². The molecule has 1 saturated heterocycles. The smallest absolute Gasteiger partial charge is 0.254 e. The molecule has 1 aromatic carbocycles. The summed E-state index contributed by atoms with van der Waals surface area (Å²) >= 11 is 0. The Labute approximate surface area is 139 Å². The first-order chi connectivity index (χ1) is 11.6. The molecule has 0 bridgehead atoms. The van der Waals surface area contributed by atoms with Gasteiger partial charge in [0.15, 0.2) is 0 Å². The lowest BCUT2D eigenvalue weighted by Gasteiger charge is -2.34. The number of aryl methyl sites for hydroxylation is 2. The van der Waals surface area contributed by atoms with Crippen LogP contribution in [0.2, 0.25) is 0 Å². The van der Waals surface area contributed by atoms with Gasteiger partial charge in [0.05, 0.1) is 13.2 Å². The largest absolute Gasteiger partial charge is 0.461 e. The molecule has 3 aromatic rings. The molecule has 1 fully saturated rings. The van der Waals surface area contributed by atoms with E-state index in [4.69, 9.17) is 9.15 Å². The van der Waals surface area contributed by atoms with Crippen LogP contribution in [0.3, 0.4) is 0 Å². The Bertz CT molecular complexity index is 896. The van der Waals surface area contributed by atoms with Crippen LogP contribution in [0.5, 0.6) is 0 Å². The maximum atomic E-state index is 13.0. The molecular formula is C18H19N3O3. The SMILES string of the molecule is Cc1cnc([C@@H]2COCCN2C(=O)c2ccc3oc(C)cc3c2)[nH]1. The number of carbonyl (C=O) groups is 1. The summed E-state index contributed by atoms with van der Waals surface area (Å²) in [4.78, 5) is 22.5. The van der Waals surface area contributed by atoms with E-state index in [-0.39, 0.29) is 11.9 Å². The number of imidazole rings is 1. The molecule has 0 unspecified atom stereocenters. The van der Waals surface area contributed by atoms with Crippen molar-refractivity contribution >= 4 is 16.9 Å². The van der Waals surface area contributed by atoms with E-state index in [1.54, 1.807) is 6.20 Å². The van der Waals surface area contributed by atoms with Crippen molar-refractivity contribution in [2.45, 2.75) is 19.9 Å². The van der Waals surface area contributed by atoms with Crippen molar-refractivity contribution in [3.05, 3.63) is 53.3 Å². The number of aromatic nitrogens is 2. The van der Waals surface area contributed by atoms with Crippen LogP contribution in [-0.2, 0) is 4.74 Å². The van der Waals surface area contributed by atoms with Crippen LogP contribution in [0.4, 0.5) is 0 Å². The number of ether oxygens (including phenoxy) is 1. The van der Waals surface area contributed by atoms with Crippen LogP contribution in [-0.4, -0.2) is 40.5 Å². The van der Waals surface area contributed by atoms with Gasteiger partial charge in [0, 0.05) is 29.4 Å². The monoisotopic (exact) mass is 325 g/mol. The molecule has 1 atom stereocenters. The predicted molar refractivity (Wildman–Crippen MR) is 88.9 cm³/mol. The zero-order valence-electron chi connectivity index (χ0n) is 13.7. The van der Waals surface area contributed by atoms with E-state index in [0.29, 0.717) is 25.3 Å². The van der Waals surface area contributed by atoms with Crippen LogP contribution in [0.15, 0.2) is 34.9 Å². The number of H-pyrrole nitrogens is 1. The summed E-state index contributed by atoms with van der Waals surface area (Å²) in [5.41, 5.74) is 2.42. The minimum atomic E-state index is -0.193. The molecule has 0 saturated carbocycles. The Kier molecular flexibility index (Phi) is 3.61. The molecule has 3 heterocycles. The number of hydrogen-bond donors (Lipinski definition) is 1. The van der Waals surface area contributed by atoms with Crippen molar-refractivity contribution in [2.24, 2.45) is 0 Å². The lowest BCUT2D eigenvalue weighted by Crippen LogP contribution is -2.43. The van der Waals surface area contributed by atoms with E-state index in [1.165, 1.54) is 0 Å². The van der Waals surface area contributed by atoms with Gasteiger partial charge in [-0.25, -0.2) is 4.98 Å². The fourth-order valence-corrected chi connectivity index (χ4v) is 3.15. The Hall–Kier alpha value is -2.60. The minimum Gasteiger partial charge on any atom is -0.461 e. The average Bonchev–Trinajstić information content (AvgIpc) is 3.18. The van der Waals surface area contributed by atoms with Crippen molar-refractivity contribution in [1.29, 1.82) is 0 Å². The fourth-order valence-electron chi connectivity index (χ4n) is 3.15. The molecule has 124 valence electrons. The molecule has 1 N–H and O–H groups in total. The third kappa shape index (κ3) is 2.59. The van der Waals surface area contributed by atoms with Crippen molar-refractivity contribution < 1.29 is 13.9 Å². The Balaban J connectivity index is 1.67. The van der Waals surface area contributed by atoms with Crippen molar-refractivity contribution in [3.8, 4) is 0 Å². The van der Waals surface area contributed by atoms with Gasteiger partial charge in [-0.1, -0.05) is 0 Å². The first-order valence-electron chi connectivity index (χ1n) is 8.02. The van der Waals surface area contributed by atoms with Gasteiger partial charge < -0.3 is 19.0 Å². The number of benzene rings is 1. The summed E-state index contributed by atoms with van der Waals surface area (Å²) in [6.07, 6.45) is 1.77. The molecule has 6 heteroatoms. The molecule has 24 heavy (non-hydrogen) atoms. The quantitative estimate of drug-likeness (QED) is 0.786. The standard InChI is InChI=1S/C18H19N3O3/c1-11-9-19-17(20-11)15-10-23-6-5-21(15)18(22)13-3-4-16-14(8-13)7-12(2)24-16/h3-4,7-9,15H,5-6,10H2,1-2H3,(H,19,20)/t15-/m0/s1. The van der Waals surface area contributed by atoms with Gasteiger partial charge in [-0.2, -0.15) is 0 Å². The number of fused-ring (bicyclic) bond motifs is 1. The van der Waals surface area contributed by atoms with Crippen LogP contribution < -0.4 is 0 Å². The number of furan rings is 1. The predicted octanol–water partition coefficient (Wildman–Crippen LogP) is 2.99. The number of rotatable bonds is 2. The topological polar surface area (TPSA) is 71.4 Å². The first kappa shape index (κ1) is 15.0. The zero-order valence-corrected chi connectivity index (χ0v) is 13.7. The molecule has 1 aliphatic heterocycles. The lowest BCUT2D eigenvalue weighted by atomic mass is 10.1. The lowest BCUT2D eigenvalue weighted by molar-refractivity contribution is -0.00500. The van der Waals surface area contributed by atoms with Gasteiger partial charge in [0.1, 0.15) is 23.2 Å². The molecule has 2 aromatic heterocycles. The van der Waals surface area contributed by atoms with Crippen LogP contribution in [0, 0.1) is 13.8 Å². The minimum absolute atomic E-state index is 0.0156. The number of hydrogen-bond acceptors (Lipinski definition) is 4. The van der Waals surface area contributed by atoms with E-state index < -0.39 is 0 Å². The highest BCUT2D eigenvalue weighted by Crippen LogP contribution is 2.26. The van der Waals surface area contributed by atoms with Gasteiger partial charge >= 0.3 is 0 Å². The Morgan fingerprint density at radius 3 is 3.00 bits per heavy atom. The zero-order chi connectivity index (χ0) is 16.7. The van der Waals surface area contributed by atoms with Crippen molar-refractivity contribution in [3.63, 3.8) is 0 Å². The molecule has 4 rings (SSSR count). The second kappa shape index (κ2) is 5.79. The van der Waals surface area contributed by atoms with E-state index in [0.717, 1.165) is 28.2 Å². The van der Waals surface area contributed by atoms with Gasteiger partial charge in [-0.3, -0.25) is 4.79 Å². The number of morpholine rings is 1. The summed E-state index contributed by atoms with van der Waals surface area (Å²) in [5, 5.41) is 0.942. The van der Waals surface area contributed by atoms with Crippen LogP contribution in [0.1, 0.15) is 33.7 Å². The second-order valence-corrected chi connectivity index (χ2v) is 6.15. The third-order valence-corrected chi connectivity index (χ3v) is 4.31. The van der Waals surface area contributed by atoms with E-state index >= 15 is 0 Å². The van der Waals surface area contributed by atoms with Gasteiger partial charge in [0.2, 0.25) is 0 Å². The fraction of sp³-hybridized carbons (Fsp3) is 0.333. The Morgan fingerprint density at radius 1 is 1.33 bits per heavy atom. The number of aromatic amines is 1. The molecule has 6 nitrogen and oxygen atoms in total. The maximum absolute atomic E-state index is 13.0. The van der Waals surface area contributed by atoms with Gasteiger partial charge in [-0.15, -0.1) is 0 Å². The number of carbonyl (C=O) groups excluding carboxylic acids is 1. The van der Waals surface area contributed by atoms with Gasteiger partial charge in [0.25, 0.3) is 5.91 Å². The molecule has 0 radical (unpaired) electrons. The highest BCUT2D eigenvalue weighted by Gasteiger charge is 2.31. The third-order valence-electron chi connectivity index (χ3n) is 4.31. The average molecular weight is 325 g/mol. The van der Waals surface area contributed by atoms with E-state index in [2.05, 4.69) is 9.97 Å². The number of nitrogens with zero attached hydrogens (tertiary/aromatic N) is 2. The molecule has 0 aliphatic carbocycles. The molecular weight excluding hydrogens is 306 g/mol. The number of amides is 1. The van der Waals surface area contributed by atoms with Crippen LogP contribution in [0.25, 0.3) is 11.0 Å². The highest BCUT2D eigenvalue weighted by molar-refractivity contribution is 5.98. The molecule has 1 amide bonds. The normalized spacial score (nSPS) is 18.2. The summed E-state index contributed by atoms with van der Waals surface area (Å²) in [6, 6.07) is 7.30. The maximum Gasteiger partial charge on any atom is 0.254 e. The number of nitrogens with one attached hydrogen (secondary N) is 1. The van der Waals surface area contributed by atoms with E-state index in [1.807, 2.05) is 43.0 Å². The van der Waals surface area contributed by atoms with Crippen LogP contribution >= 0.6 is 0 Å². The highest BCUT2D eigenvalue weighted by atomic mass is 16.5. The Morgan fingerprint density at radius 2 is 2.21 bits per heavy atom. The van der Waals surface area contributed by atoms with E-state index in [9.17, 15) is 4.79 Å². The molecule has 1 aliphatic rings. The summed E-state index contributed by atoms with van der Waals surface area (Å²) in [6.45, 7) is 5.38. The van der Waals surface area contributed by atoms with Crippen molar-refractivity contribution in [2.75, 3.05) is 19.8 Å². The van der Waals surface area contributed by atoms with Gasteiger partial charge in [-0.05, 0) is 38.1 Å².